The lowest BCUT2D eigenvalue weighted by molar-refractivity contribution is -0.133. The van der Waals surface area contributed by atoms with Gasteiger partial charge in [-0.1, -0.05) is 11.8 Å². The summed E-state index contributed by atoms with van der Waals surface area (Å²) in [6.45, 7) is 5.89. The Kier molecular flexibility index (Phi) is 3.74. The molecule has 0 spiro atoms. The van der Waals surface area contributed by atoms with Gasteiger partial charge in [-0.2, -0.15) is 4.98 Å². The standard InChI is InChI=1S/C10H14N2O3S/c1-10(2,3)12-5-4-7(13)11-9(12)16-6-8(14)15/h4-5H,6H2,1-3H3,(H,14,15). The second-order valence-corrected chi connectivity index (χ2v) is 5.21. The second-order valence-electron chi connectivity index (χ2n) is 4.27. The van der Waals surface area contributed by atoms with E-state index in [1.807, 2.05) is 20.8 Å². The van der Waals surface area contributed by atoms with Gasteiger partial charge in [0.25, 0.3) is 5.56 Å². The third kappa shape index (κ3) is 3.37. The Bertz CT molecular complexity index is 448. The molecule has 88 valence electrons. The molecular formula is C10H14N2O3S. The molecule has 0 saturated heterocycles. The molecular weight excluding hydrogens is 228 g/mol. The quantitative estimate of drug-likeness (QED) is 0.636. The number of carbonyl (C=O) groups is 1. The highest BCUT2D eigenvalue weighted by Gasteiger charge is 2.17. The van der Waals surface area contributed by atoms with Crippen LogP contribution in [-0.2, 0) is 10.3 Å². The summed E-state index contributed by atoms with van der Waals surface area (Å²) in [6.07, 6.45) is 1.64. The SMILES string of the molecule is CC(C)(C)n1ccc(=O)nc1SCC(=O)O. The summed E-state index contributed by atoms with van der Waals surface area (Å²) >= 11 is 1.05. The zero-order valence-corrected chi connectivity index (χ0v) is 10.2. The summed E-state index contributed by atoms with van der Waals surface area (Å²) < 4.78 is 1.79. The summed E-state index contributed by atoms with van der Waals surface area (Å²) in [7, 11) is 0. The first-order valence-electron chi connectivity index (χ1n) is 4.75. The van der Waals surface area contributed by atoms with Crippen LogP contribution in [0.2, 0.25) is 0 Å². The van der Waals surface area contributed by atoms with Crippen LogP contribution in [0.3, 0.4) is 0 Å². The van der Waals surface area contributed by atoms with Gasteiger partial charge in [0, 0.05) is 17.8 Å². The average Bonchev–Trinajstić information content (AvgIpc) is 2.12. The van der Waals surface area contributed by atoms with Crippen LogP contribution in [0.5, 0.6) is 0 Å². The molecule has 0 fully saturated rings. The molecule has 0 atom stereocenters. The van der Waals surface area contributed by atoms with Crippen LogP contribution in [-0.4, -0.2) is 26.4 Å². The molecule has 0 aliphatic carbocycles. The Hall–Kier alpha value is -1.30. The molecule has 16 heavy (non-hydrogen) atoms. The van der Waals surface area contributed by atoms with E-state index in [9.17, 15) is 9.59 Å². The second kappa shape index (κ2) is 4.69. The van der Waals surface area contributed by atoms with Crippen molar-refractivity contribution in [1.82, 2.24) is 9.55 Å². The number of aromatic nitrogens is 2. The van der Waals surface area contributed by atoms with Gasteiger partial charge in [-0.15, -0.1) is 0 Å². The molecule has 0 saturated carbocycles. The van der Waals surface area contributed by atoms with Gasteiger partial charge in [-0.25, -0.2) is 0 Å². The fourth-order valence-electron chi connectivity index (χ4n) is 1.13. The fourth-order valence-corrected chi connectivity index (χ4v) is 2.01. The lowest BCUT2D eigenvalue weighted by atomic mass is 10.1. The van der Waals surface area contributed by atoms with Crippen LogP contribution in [0.4, 0.5) is 0 Å². The molecule has 1 heterocycles. The van der Waals surface area contributed by atoms with Gasteiger partial charge in [0.2, 0.25) is 0 Å². The van der Waals surface area contributed by atoms with E-state index in [0.717, 1.165) is 11.8 Å². The summed E-state index contributed by atoms with van der Waals surface area (Å²) in [4.78, 5) is 25.4. The molecule has 6 heteroatoms. The van der Waals surface area contributed by atoms with Crippen molar-refractivity contribution in [1.29, 1.82) is 0 Å². The number of hydrogen-bond acceptors (Lipinski definition) is 4. The first kappa shape index (κ1) is 12.8. The van der Waals surface area contributed by atoms with Crippen molar-refractivity contribution < 1.29 is 9.90 Å². The van der Waals surface area contributed by atoms with E-state index in [-0.39, 0.29) is 16.9 Å². The van der Waals surface area contributed by atoms with Crippen LogP contribution < -0.4 is 5.56 Å². The van der Waals surface area contributed by atoms with Crippen LogP contribution in [0, 0.1) is 0 Å². The molecule has 0 unspecified atom stereocenters. The topological polar surface area (TPSA) is 72.2 Å². The molecule has 0 aliphatic rings. The van der Waals surface area contributed by atoms with E-state index in [0.29, 0.717) is 5.16 Å². The van der Waals surface area contributed by atoms with Gasteiger partial charge in [0.15, 0.2) is 5.16 Å². The molecule has 5 nitrogen and oxygen atoms in total. The maximum atomic E-state index is 11.1. The molecule has 1 aromatic heterocycles. The highest BCUT2D eigenvalue weighted by molar-refractivity contribution is 7.99. The third-order valence-corrected chi connectivity index (χ3v) is 2.76. The lowest BCUT2D eigenvalue weighted by Crippen LogP contribution is -2.27. The van der Waals surface area contributed by atoms with Crippen molar-refractivity contribution in [3.05, 3.63) is 22.6 Å². The first-order chi connectivity index (χ1) is 7.30. The molecule has 1 rings (SSSR count). The van der Waals surface area contributed by atoms with Crippen LogP contribution in [0.25, 0.3) is 0 Å². The van der Waals surface area contributed by atoms with Crippen molar-refractivity contribution in [2.75, 3.05) is 5.75 Å². The Balaban J connectivity index is 3.09. The minimum Gasteiger partial charge on any atom is -0.481 e. The third-order valence-electron chi connectivity index (χ3n) is 1.83. The summed E-state index contributed by atoms with van der Waals surface area (Å²) in [5.41, 5.74) is -0.588. The number of hydrogen-bond donors (Lipinski definition) is 1. The Morgan fingerprint density at radius 3 is 2.69 bits per heavy atom. The van der Waals surface area contributed by atoms with Gasteiger partial charge in [0.05, 0.1) is 5.75 Å². The van der Waals surface area contributed by atoms with Crippen molar-refractivity contribution in [3.8, 4) is 0 Å². The first-order valence-corrected chi connectivity index (χ1v) is 5.74. The van der Waals surface area contributed by atoms with Crippen LogP contribution in [0.15, 0.2) is 22.2 Å². The van der Waals surface area contributed by atoms with Crippen molar-refractivity contribution >= 4 is 17.7 Å². The highest BCUT2D eigenvalue weighted by atomic mass is 32.2. The lowest BCUT2D eigenvalue weighted by Gasteiger charge is -2.25. The van der Waals surface area contributed by atoms with Gasteiger partial charge < -0.3 is 9.67 Å². The normalized spacial score (nSPS) is 11.4. The zero-order chi connectivity index (χ0) is 12.3. The maximum Gasteiger partial charge on any atom is 0.313 e. The van der Waals surface area contributed by atoms with E-state index < -0.39 is 5.97 Å². The van der Waals surface area contributed by atoms with Gasteiger partial charge >= 0.3 is 5.97 Å². The molecule has 0 radical (unpaired) electrons. The number of aliphatic carboxylic acids is 1. The largest absolute Gasteiger partial charge is 0.481 e. The van der Waals surface area contributed by atoms with Crippen molar-refractivity contribution in [2.45, 2.75) is 31.5 Å². The summed E-state index contributed by atoms with van der Waals surface area (Å²) in [6, 6.07) is 1.37. The number of nitrogens with zero attached hydrogens (tertiary/aromatic N) is 2. The summed E-state index contributed by atoms with van der Waals surface area (Å²) in [5, 5.41) is 9.03. The number of rotatable bonds is 3. The summed E-state index contributed by atoms with van der Waals surface area (Å²) in [5.74, 6) is -1.03. The van der Waals surface area contributed by atoms with Gasteiger partial charge in [-0.05, 0) is 20.8 Å². The van der Waals surface area contributed by atoms with E-state index >= 15 is 0 Å². The molecule has 1 aromatic rings. The number of carboxylic acid groups (broad SMARTS) is 1. The average molecular weight is 242 g/mol. The molecule has 0 bridgehead atoms. The Morgan fingerprint density at radius 1 is 1.56 bits per heavy atom. The molecule has 0 aliphatic heterocycles. The van der Waals surface area contributed by atoms with Crippen LogP contribution in [0.1, 0.15) is 20.8 Å². The fraction of sp³-hybridized carbons (Fsp3) is 0.500. The van der Waals surface area contributed by atoms with Crippen molar-refractivity contribution in [3.63, 3.8) is 0 Å². The Labute approximate surface area is 97.5 Å². The number of carboxylic acids is 1. The van der Waals surface area contributed by atoms with Gasteiger partial charge in [-0.3, -0.25) is 9.59 Å². The zero-order valence-electron chi connectivity index (χ0n) is 9.43. The molecule has 0 amide bonds. The van der Waals surface area contributed by atoms with Crippen molar-refractivity contribution in [2.24, 2.45) is 0 Å². The van der Waals surface area contributed by atoms with Gasteiger partial charge in [0.1, 0.15) is 0 Å². The molecule has 0 aromatic carbocycles. The van der Waals surface area contributed by atoms with E-state index in [2.05, 4.69) is 4.98 Å². The van der Waals surface area contributed by atoms with E-state index in [1.54, 1.807) is 10.8 Å². The maximum absolute atomic E-state index is 11.1. The smallest absolute Gasteiger partial charge is 0.313 e. The molecule has 1 N–H and O–H groups in total. The highest BCUT2D eigenvalue weighted by Crippen LogP contribution is 2.21. The predicted molar refractivity (Wildman–Crippen MR) is 61.9 cm³/mol. The monoisotopic (exact) mass is 242 g/mol. The minimum atomic E-state index is -0.927. The van der Waals surface area contributed by atoms with Crippen LogP contribution >= 0.6 is 11.8 Å². The number of thioether (sulfide) groups is 1. The minimum absolute atomic E-state index is 0.105. The predicted octanol–water partition coefficient (Wildman–Crippen LogP) is 1.17. The van der Waals surface area contributed by atoms with E-state index in [1.165, 1.54) is 6.07 Å². The van der Waals surface area contributed by atoms with E-state index in [4.69, 9.17) is 5.11 Å². The Morgan fingerprint density at radius 2 is 2.19 bits per heavy atom.